The second kappa shape index (κ2) is 8.49. The van der Waals surface area contributed by atoms with Gasteiger partial charge in [-0.05, 0) is 44.7 Å². The second-order valence-corrected chi connectivity index (χ2v) is 7.25. The van der Waals surface area contributed by atoms with E-state index in [0.717, 1.165) is 51.1 Å². The topological polar surface area (TPSA) is 47.4 Å². The number of rotatable bonds is 7. The van der Waals surface area contributed by atoms with Crippen molar-refractivity contribution in [1.82, 2.24) is 14.5 Å². The van der Waals surface area contributed by atoms with E-state index in [1.54, 1.807) is 0 Å². The maximum absolute atomic E-state index is 12.9. The van der Waals surface area contributed by atoms with E-state index < -0.39 is 5.41 Å². The molecule has 0 N–H and O–H groups in total. The highest BCUT2D eigenvalue weighted by Gasteiger charge is 2.43. The molecule has 1 saturated heterocycles. The molecule has 140 valence electrons. The molecule has 0 saturated carbocycles. The van der Waals surface area contributed by atoms with Crippen molar-refractivity contribution in [2.24, 2.45) is 12.5 Å². The lowest BCUT2D eigenvalue weighted by Crippen LogP contribution is -2.48. The monoisotopic (exact) mass is 355 g/mol. The Hall–Kier alpha value is -2.14. The summed E-state index contributed by atoms with van der Waals surface area (Å²) < 4.78 is 7.54. The molecule has 2 heterocycles. The molecule has 5 nitrogen and oxygen atoms in total. The Morgan fingerprint density at radius 1 is 1.31 bits per heavy atom. The van der Waals surface area contributed by atoms with Gasteiger partial charge in [0.25, 0.3) is 0 Å². The molecule has 1 aliphatic heterocycles. The minimum atomic E-state index is -0.421. The average Bonchev–Trinajstić information content (AvgIpc) is 3.06. The van der Waals surface area contributed by atoms with Crippen LogP contribution in [0.4, 0.5) is 0 Å². The first-order valence-corrected chi connectivity index (χ1v) is 9.53. The van der Waals surface area contributed by atoms with E-state index in [1.807, 2.05) is 37.0 Å². The zero-order valence-electron chi connectivity index (χ0n) is 15.9. The average molecular weight is 355 g/mol. The number of hydrogen-bond acceptors (Lipinski definition) is 4. The Bertz CT molecular complexity index is 713. The molecule has 0 aliphatic carbocycles. The van der Waals surface area contributed by atoms with Crippen molar-refractivity contribution in [3.8, 4) is 0 Å². The second-order valence-electron chi connectivity index (χ2n) is 7.25. The van der Waals surface area contributed by atoms with E-state index in [2.05, 4.69) is 34.1 Å². The van der Waals surface area contributed by atoms with Crippen molar-refractivity contribution in [2.45, 2.75) is 39.2 Å². The normalized spacial score (nSPS) is 20.8. The van der Waals surface area contributed by atoms with E-state index >= 15 is 0 Å². The van der Waals surface area contributed by atoms with Crippen LogP contribution in [0.3, 0.4) is 0 Å². The molecule has 3 rings (SSSR count). The Labute approximate surface area is 156 Å². The van der Waals surface area contributed by atoms with Gasteiger partial charge >= 0.3 is 5.97 Å². The predicted molar refractivity (Wildman–Crippen MR) is 102 cm³/mol. The summed E-state index contributed by atoms with van der Waals surface area (Å²) in [6.07, 6.45) is 7.43. The van der Waals surface area contributed by atoms with E-state index in [4.69, 9.17) is 4.74 Å². The van der Waals surface area contributed by atoms with Gasteiger partial charge in [-0.25, -0.2) is 4.98 Å². The molecule has 0 unspecified atom stereocenters. The Kier molecular flexibility index (Phi) is 6.09. The third kappa shape index (κ3) is 4.33. The number of ether oxygens (including phenoxy) is 1. The van der Waals surface area contributed by atoms with Crippen LogP contribution in [0.2, 0.25) is 0 Å². The Morgan fingerprint density at radius 3 is 2.81 bits per heavy atom. The van der Waals surface area contributed by atoms with Gasteiger partial charge in [0.05, 0.1) is 18.6 Å². The molecular formula is C21H29N3O2. The standard InChI is InChI=1S/C21H29N3O2/c1-3-26-20(25)21(12-10-18-8-5-4-6-9-18)11-7-14-24(17-21)16-19-22-13-15-23(19)2/h4-6,8-9,13,15H,3,7,10-12,14,16-17H2,1-2H3/t21-/m0/s1. The molecule has 1 atom stereocenters. The van der Waals surface area contributed by atoms with Crippen molar-refractivity contribution < 1.29 is 9.53 Å². The molecule has 0 radical (unpaired) electrons. The number of imidazole rings is 1. The first-order valence-electron chi connectivity index (χ1n) is 9.53. The van der Waals surface area contributed by atoms with Crippen LogP contribution in [0.5, 0.6) is 0 Å². The van der Waals surface area contributed by atoms with Crippen LogP contribution in [0.1, 0.15) is 37.6 Å². The third-order valence-corrected chi connectivity index (χ3v) is 5.39. The number of benzene rings is 1. The maximum atomic E-state index is 12.9. The number of likely N-dealkylation sites (tertiary alicyclic amines) is 1. The lowest BCUT2D eigenvalue weighted by molar-refractivity contribution is -0.160. The fourth-order valence-electron chi connectivity index (χ4n) is 3.90. The van der Waals surface area contributed by atoms with Crippen LogP contribution in [0.15, 0.2) is 42.7 Å². The summed E-state index contributed by atoms with van der Waals surface area (Å²) in [5.74, 6) is 0.994. The first kappa shape index (κ1) is 18.6. The highest BCUT2D eigenvalue weighted by Crippen LogP contribution is 2.36. The van der Waals surface area contributed by atoms with Gasteiger partial charge < -0.3 is 9.30 Å². The summed E-state index contributed by atoms with van der Waals surface area (Å²) in [6, 6.07) is 10.4. The number of hydrogen-bond donors (Lipinski definition) is 0. The zero-order chi connectivity index (χ0) is 18.4. The van der Waals surface area contributed by atoms with Gasteiger partial charge in [-0.2, -0.15) is 0 Å². The highest BCUT2D eigenvalue weighted by atomic mass is 16.5. The van der Waals surface area contributed by atoms with Crippen molar-refractivity contribution >= 4 is 5.97 Å². The number of aryl methyl sites for hydroxylation is 2. The van der Waals surface area contributed by atoms with E-state index in [-0.39, 0.29) is 5.97 Å². The summed E-state index contributed by atoms with van der Waals surface area (Å²) in [5, 5.41) is 0. The van der Waals surface area contributed by atoms with Gasteiger partial charge in [0, 0.05) is 26.0 Å². The lowest BCUT2D eigenvalue weighted by atomic mass is 9.75. The Balaban J connectivity index is 1.73. The van der Waals surface area contributed by atoms with Crippen LogP contribution in [-0.4, -0.2) is 40.1 Å². The molecular weight excluding hydrogens is 326 g/mol. The van der Waals surface area contributed by atoms with Gasteiger partial charge in [0.2, 0.25) is 0 Å². The van der Waals surface area contributed by atoms with E-state index in [1.165, 1.54) is 5.56 Å². The number of nitrogens with zero attached hydrogens (tertiary/aromatic N) is 3. The third-order valence-electron chi connectivity index (χ3n) is 5.39. The molecule has 26 heavy (non-hydrogen) atoms. The van der Waals surface area contributed by atoms with Crippen LogP contribution >= 0.6 is 0 Å². The van der Waals surface area contributed by atoms with Gasteiger partial charge in [-0.15, -0.1) is 0 Å². The molecule has 2 aromatic rings. The summed E-state index contributed by atoms with van der Waals surface area (Å²) >= 11 is 0. The van der Waals surface area contributed by atoms with Crippen molar-refractivity contribution in [1.29, 1.82) is 0 Å². The molecule has 1 aliphatic rings. The number of carbonyl (C=O) groups is 1. The van der Waals surface area contributed by atoms with Crippen LogP contribution in [-0.2, 0) is 29.5 Å². The molecule has 0 bridgehead atoms. The number of esters is 1. The van der Waals surface area contributed by atoms with Crippen molar-refractivity contribution in [3.63, 3.8) is 0 Å². The minimum absolute atomic E-state index is 0.0412. The molecule has 0 spiro atoms. The van der Waals surface area contributed by atoms with Crippen LogP contribution in [0.25, 0.3) is 0 Å². The molecule has 0 amide bonds. The summed E-state index contributed by atoms with van der Waals surface area (Å²) in [6.45, 7) is 4.84. The van der Waals surface area contributed by atoms with E-state index in [0.29, 0.717) is 6.61 Å². The molecule has 1 aromatic heterocycles. The van der Waals surface area contributed by atoms with Crippen molar-refractivity contribution in [2.75, 3.05) is 19.7 Å². The van der Waals surface area contributed by atoms with Crippen molar-refractivity contribution in [3.05, 3.63) is 54.1 Å². The fourth-order valence-corrected chi connectivity index (χ4v) is 3.90. The van der Waals surface area contributed by atoms with Gasteiger partial charge in [-0.3, -0.25) is 9.69 Å². The summed E-state index contributed by atoms with van der Waals surface area (Å²) in [4.78, 5) is 19.7. The Morgan fingerprint density at radius 2 is 2.12 bits per heavy atom. The number of piperidine rings is 1. The van der Waals surface area contributed by atoms with Gasteiger partial charge in [-0.1, -0.05) is 30.3 Å². The van der Waals surface area contributed by atoms with Gasteiger partial charge in [0.15, 0.2) is 0 Å². The fraction of sp³-hybridized carbons (Fsp3) is 0.524. The first-order chi connectivity index (χ1) is 12.6. The smallest absolute Gasteiger partial charge is 0.313 e. The van der Waals surface area contributed by atoms with Gasteiger partial charge in [0.1, 0.15) is 5.82 Å². The quantitative estimate of drug-likeness (QED) is 0.716. The molecule has 5 heteroatoms. The zero-order valence-corrected chi connectivity index (χ0v) is 15.9. The summed E-state index contributed by atoms with van der Waals surface area (Å²) in [7, 11) is 2.01. The minimum Gasteiger partial charge on any atom is -0.466 e. The number of aromatic nitrogens is 2. The SMILES string of the molecule is CCOC(=O)[C@]1(CCc2ccccc2)CCCN(Cc2nccn2C)C1. The van der Waals surface area contributed by atoms with Crippen LogP contribution < -0.4 is 0 Å². The van der Waals surface area contributed by atoms with Crippen LogP contribution in [0, 0.1) is 5.41 Å². The number of carbonyl (C=O) groups excluding carboxylic acids is 1. The lowest BCUT2D eigenvalue weighted by Gasteiger charge is -2.41. The summed E-state index contributed by atoms with van der Waals surface area (Å²) in [5.41, 5.74) is 0.854. The largest absolute Gasteiger partial charge is 0.466 e. The molecule has 1 fully saturated rings. The molecule has 1 aromatic carbocycles. The maximum Gasteiger partial charge on any atom is 0.313 e. The highest BCUT2D eigenvalue weighted by molar-refractivity contribution is 5.77. The van der Waals surface area contributed by atoms with E-state index in [9.17, 15) is 4.79 Å². The predicted octanol–water partition coefficient (Wildman–Crippen LogP) is 3.20.